The number of carbonyl (C=O) groups excluding carboxylic acids is 2. The van der Waals surface area contributed by atoms with Crippen LogP contribution in [0.3, 0.4) is 0 Å². The van der Waals surface area contributed by atoms with Gasteiger partial charge in [0, 0.05) is 18.3 Å². The van der Waals surface area contributed by atoms with Gasteiger partial charge in [0.1, 0.15) is 5.76 Å². The molecule has 0 saturated heterocycles. The molecule has 1 aromatic heterocycles. The lowest BCUT2D eigenvalue weighted by Gasteiger charge is -2.07. The van der Waals surface area contributed by atoms with E-state index in [2.05, 4.69) is 15.4 Å². The number of amides is 1. The van der Waals surface area contributed by atoms with Crippen LogP contribution in [0.25, 0.3) is 0 Å². The first-order valence-electron chi connectivity index (χ1n) is 6.37. The smallest absolute Gasteiger partial charge is 0.373 e. The number of benzene rings is 1. The second-order valence-corrected chi connectivity index (χ2v) is 4.37. The number of ether oxygens (including phenoxy) is 1. The molecule has 2 rings (SSSR count). The quantitative estimate of drug-likeness (QED) is 0.827. The van der Waals surface area contributed by atoms with Gasteiger partial charge in [0.25, 0.3) is 0 Å². The molecule has 0 aliphatic heterocycles. The minimum Gasteiger partial charge on any atom is -0.463 e. The van der Waals surface area contributed by atoms with Crippen molar-refractivity contribution in [3.8, 4) is 0 Å². The summed E-state index contributed by atoms with van der Waals surface area (Å²) in [6.45, 7) is 1.87. The molecule has 0 radical (unpaired) electrons. The molecular formula is C15H16N2O4. The number of esters is 1. The largest absolute Gasteiger partial charge is 0.463 e. The summed E-state index contributed by atoms with van der Waals surface area (Å²) in [5.41, 5.74) is 1.54. The van der Waals surface area contributed by atoms with Crippen molar-refractivity contribution < 1.29 is 18.7 Å². The van der Waals surface area contributed by atoms with Gasteiger partial charge in [-0.1, -0.05) is 6.07 Å². The number of hydrogen-bond donors (Lipinski definition) is 2. The van der Waals surface area contributed by atoms with E-state index in [4.69, 9.17) is 4.42 Å². The maximum absolute atomic E-state index is 11.3. The molecule has 1 amide bonds. The molecule has 0 aliphatic rings. The fourth-order valence-electron chi connectivity index (χ4n) is 1.78. The van der Waals surface area contributed by atoms with Crippen molar-refractivity contribution in [2.24, 2.45) is 0 Å². The van der Waals surface area contributed by atoms with Gasteiger partial charge in [-0.2, -0.15) is 0 Å². The summed E-state index contributed by atoms with van der Waals surface area (Å²) in [5, 5.41) is 5.85. The fourth-order valence-corrected chi connectivity index (χ4v) is 1.78. The van der Waals surface area contributed by atoms with Crippen molar-refractivity contribution in [1.82, 2.24) is 0 Å². The van der Waals surface area contributed by atoms with Crippen molar-refractivity contribution in [2.75, 3.05) is 17.7 Å². The summed E-state index contributed by atoms with van der Waals surface area (Å²) < 4.78 is 9.92. The maximum atomic E-state index is 11.3. The number of methoxy groups -OCH3 is 1. The van der Waals surface area contributed by atoms with Crippen LogP contribution in [0.1, 0.15) is 23.2 Å². The van der Waals surface area contributed by atoms with Gasteiger partial charge in [0.15, 0.2) is 0 Å². The minimum absolute atomic E-state index is 0.124. The van der Waals surface area contributed by atoms with Gasteiger partial charge in [-0.05, 0) is 30.3 Å². The molecule has 0 aliphatic carbocycles. The Morgan fingerprint density at radius 1 is 1.19 bits per heavy atom. The topological polar surface area (TPSA) is 80.6 Å². The Labute approximate surface area is 122 Å². The Morgan fingerprint density at radius 3 is 2.67 bits per heavy atom. The number of rotatable bonds is 5. The van der Waals surface area contributed by atoms with Gasteiger partial charge in [-0.15, -0.1) is 0 Å². The van der Waals surface area contributed by atoms with Crippen LogP contribution >= 0.6 is 0 Å². The summed E-state index contributed by atoms with van der Waals surface area (Å²) in [6.07, 6.45) is 0. The third kappa shape index (κ3) is 4.10. The first-order valence-corrected chi connectivity index (χ1v) is 6.37. The molecule has 0 atom stereocenters. The summed E-state index contributed by atoms with van der Waals surface area (Å²) in [7, 11) is 1.30. The molecule has 6 nitrogen and oxygen atoms in total. The SMILES string of the molecule is COC(=O)c1ccc(CNc2cccc(NC(C)=O)c2)o1. The van der Waals surface area contributed by atoms with E-state index in [1.54, 1.807) is 18.2 Å². The molecule has 2 N–H and O–H groups in total. The van der Waals surface area contributed by atoms with E-state index in [-0.39, 0.29) is 11.7 Å². The van der Waals surface area contributed by atoms with Crippen LogP contribution < -0.4 is 10.6 Å². The van der Waals surface area contributed by atoms with Crippen LogP contribution in [0.15, 0.2) is 40.8 Å². The average molecular weight is 288 g/mol. The van der Waals surface area contributed by atoms with E-state index in [1.807, 2.05) is 18.2 Å². The van der Waals surface area contributed by atoms with Crippen LogP contribution in [0.2, 0.25) is 0 Å². The molecule has 0 spiro atoms. The Kier molecular flexibility index (Phi) is 4.61. The van der Waals surface area contributed by atoms with Crippen molar-refractivity contribution in [3.63, 3.8) is 0 Å². The highest BCUT2D eigenvalue weighted by molar-refractivity contribution is 5.89. The molecule has 0 bridgehead atoms. The monoisotopic (exact) mass is 288 g/mol. The molecule has 0 saturated carbocycles. The molecule has 6 heteroatoms. The lowest BCUT2D eigenvalue weighted by atomic mass is 10.2. The van der Waals surface area contributed by atoms with E-state index in [0.717, 1.165) is 5.69 Å². The van der Waals surface area contributed by atoms with Gasteiger partial charge < -0.3 is 19.8 Å². The third-order valence-corrected chi connectivity index (χ3v) is 2.70. The van der Waals surface area contributed by atoms with Gasteiger partial charge in [0.05, 0.1) is 13.7 Å². The number of anilines is 2. The van der Waals surface area contributed by atoms with Gasteiger partial charge in [-0.25, -0.2) is 4.79 Å². The van der Waals surface area contributed by atoms with Gasteiger partial charge >= 0.3 is 5.97 Å². The Balaban J connectivity index is 1.98. The molecule has 21 heavy (non-hydrogen) atoms. The number of furan rings is 1. The van der Waals surface area contributed by atoms with E-state index >= 15 is 0 Å². The van der Waals surface area contributed by atoms with Crippen LogP contribution in [-0.4, -0.2) is 19.0 Å². The highest BCUT2D eigenvalue weighted by Gasteiger charge is 2.10. The summed E-state index contributed by atoms with van der Waals surface area (Å²) >= 11 is 0. The van der Waals surface area contributed by atoms with E-state index in [1.165, 1.54) is 14.0 Å². The second kappa shape index (κ2) is 6.60. The molecular weight excluding hydrogens is 272 g/mol. The van der Waals surface area contributed by atoms with Gasteiger partial charge in [0.2, 0.25) is 11.7 Å². The van der Waals surface area contributed by atoms with Gasteiger partial charge in [-0.3, -0.25) is 4.79 Å². The lowest BCUT2D eigenvalue weighted by Crippen LogP contribution is -2.06. The van der Waals surface area contributed by atoms with Crippen molar-refractivity contribution >= 4 is 23.3 Å². The highest BCUT2D eigenvalue weighted by Crippen LogP contribution is 2.17. The number of nitrogens with one attached hydrogen (secondary N) is 2. The summed E-state index contributed by atoms with van der Waals surface area (Å²) in [5.74, 6) is 0.149. The number of carbonyl (C=O) groups is 2. The molecule has 1 aromatic carbocycles. The predicted octanol–water partition coefficient (Wildman–Crippen LogP) is 2.64. The second-order valence-electron chi connectivity index (χ2n) is 4.37. The number of hydrogen-bond acceptors (Lipinski definition) is 5. The molecule has 1 heterocycles. The Morgan fingerprint density at radius 2 is 1.95 bits per heavy atom. The first kappa shape index (κ1) is 14.6. The Hall–Kier alpha value is -2.76. The fraction of sp³-hybridized carbons (Fsp3) is 0.200. The van der Waals surface area contributed by atoms with E-state index in [0.29, 0.717) is 18.0 Å². The van der Waals surface area contributed by atoms with Crippen molar-refractivity contribution in [3.05, 3.63) is 47.9 Å². The maximum Gasteiger partial charge on any atom is 0.373 e. The lowest BCUT2D eigenvalue weighted by molar-refractivity contribution is -0.114. The van der Waals surface area contributed by atoms with Crippen LogP contribution in [0.5, 0.6) is 0 Å². The average Bonchev–Trinajstić information content (AvgIpc) is 2.93. The van der Waals surface area contributed by atoms with Crippen molar-refractivity contribution in [1.29, 1.82) is 0 Å². The normalized spacial score (nSPS) is 10.0. The minimum atomic E-state index is -0.506. The summed E-state index contributed by atoms with van der Waals surface area (Å²) in [6, 6.07) is 10.6. The van der Waals surface area contributed by atoms with Crippen molar-refractivity contribution in [2.45, 2.75) is 13.5 Å². The van der Waals surface area contributed by atoms with Crippen LogP contribution in [-0.2, 0) is 16.1 Å². The first-order chi connectivity index (χ1) is 10.1. The zero-order valence-electron chi connectivity index (χ0n) is 11.8. The highest BCUT2D eigenvalue weighted by atomic mass is 16.5. The molecule has 0 unspecified atom stereocenters. The Bertz CT molecular complexity index is 649. The zero-order chi connectivity index (χ0) is 15.2. The summed E-state index contributed by atoms with van der Waals surface area (Å²) in [4.78, 5) is 22.3. The predicted molar refractivity (Wildman–Crippen MR) is 78.1 cm³/mol. The standard InChI is InChI=1S/C15H16N2O4/c1-10(18)17-12-5-3-4-11(8-12)16-9-13-6-7-14(21-13)15(19)20-2/h3-8,16H,9H2,1-2H3,(H,17,18). The zero-order valence-corrected chi connectivity index (χ0v) is 11.8. The molecule has 0 fully saturated rings. The van der Waals surface area contributed by atoms with Crippen LogP contribution in [0, 0.1) is 0 Å². The molecule has 110 valence electrons. The van der Waals surface area contributed by atoms with E-state index in [9.17, 15) is 9.59 Å². The van der Waals surface area contributed by atoms with E-state index < -0.39 is 5.97 Å². The third-order valence-electron chi connectivity index (χ3n) is 2.70. The van der Waals surface area contributed by atoms with Crippen LogP contribution in [0.4, 0.5) is 11.4 Å². The molecule has 2 aromatic rings.